The van der Waals surface area contributed by atoms with E-state index in [0.29, 0.717) is 0 Å². The Morgan fingerprint density at radius 3 is 2.94 bits per heavy atom. The van der Waals surface area contributed by atoms with Gasteiger partial charge in [0.05, 0.1) is 13.0 Å². The van der Waals surface area contributed by atoms with Crippen LogP contribution in [-0.2, 0) is 11.2 Å². The average Bonchev–Trinajstić information content (AvgIpc) is 2.29. The molecule has 1 amide bonds. The van der Waals surface area contributed by atoms with Crippen molar-refractivity contribution < 1.29 is 9.53 Å². The van der Waals surface area contributed by atoms with Gasteiger partial charge in [-0.1, -0.05) is 15.9 Å². The third-order valence-corrected chi connectivity index (χ3v) is 3.83. The van der Waals surface area contributed by atoms with Crippen LogP contribution in [0.4, 0.5) is 0 Å². The van der Waals surface area contributed by atoms with E-state index >= 15 is 0 Å². The fourth-order valence-electron chi connectivity index (χ4n) is 2.34. The minimum Gasteiger partial charge on any atom is -0.496 e. The molecule has 0 aliphatic heterocycles. The monoisotopic (exact) mass is 283 g/mol. The van der Waals surface area contributed by atoms with Crippen molar-refractivity contribution in [1.82, 2.24) is 0 Å². The second-order valence-corrected chi connectivity index (χ2v) is 4.84. The normalized spacial score (nSPS) is 19.0. The Labute approximate surface area is 103 Å². The highest BCUT2D eigenvalue weighted by Crippen LogP contribution is 2.41. The van der Waals surface area contributed by atoms with Crippen molar-refractivity contribution in [3.63, 3.8) is 0 Å². The molecule has 1 aliphatic carbocycles. The Balaban J connectivity index is 2.60. The molecule has 0 radical (unpaired) electrons. The van der Waals surface area contributed by atoms with Gasteiger partial charge >= 0.3 is 0 Å². The molecule has 4 heteroatoms. The number of amides is 1. The molecule has 0 aromatic heterocycles. The van der Waals surface area contributed by atoms with Crippen molar-refractivity contribution >= 4 is 21.8 Å². The lowest BCUT2D eigenvalue weighted by Gasteiger charge is -2.26. The summed E-state index contributed by atoms with van der Waals surface area (Å²) in [6.45, 7) is 0. The van der Waals surface area contributed by atoms with Gasteiger partial charge in [0.1, 0.15) is 5.75 Å². The predicted octanol–water partition coefficient (Wildman–Crippen LogP) is 2.36. The van der Waals surface area contributed by atoms with E-state index in [-0.39, 0.29) is 11.8 Å². The SMILES string of the molecule is COc1ccc(Br)c2c1C(C(N)=O)CCC2. The summed E-state index contributed by atoms with van der Waals surface area (Å²) in [5.74, 6) is 0.287. The van der Waals surface area contributed by atoms with Gasteiger partial charge in [-0.2, -0.15) is 0 Å². The standard InChI is InChI=1S/C12H14BrNO2/c1-16-10-6-5-9(13)7-3-2-4-8(11(7)10)12(14)15/h5-6,8H,2-4H2,1H3,(H2,14,15). The van der Waals surface area contributed by atoms with E-state index in [0.717, 1.165) is 40.6 Å². The topological polar surface area (TPSA) is 52.3 Å². The Morgan fingerprint density at radius 2 is 2.31 bits per heavy atom. The molecule has 0 bridgehead atoms. The van der Waals surface area contributed by atoms with Gasteiger partial charge in [0.25, 0.3) is 0 Å². The van der Waals surface area contributed by atoms with Crippen LogP contribution in [0.15, 0.2) is 16.6 Å². The number of methoxy groups -OCH3 is 1. The maximum atomic E-state index is 11.4. The van der Waals surface area contributed by atoms with Crippen molar-refractivity contribution in [2.24, 2.45) is 5.73 Å². The number of nitrogens with two attached hydrogens (primary N) is 1. The van der Waals surface area contributed by atoms with Crippen LogP contribution in [-0.4, -0.2) is 13.0 Å². The summed E-state index contributed by atoms with van der Waals surface area (Å²) in [5, 5.41) is 0. The number of primary amides is 1. The van der Waals surface area contributed by atoms with E-state index in [1.165, 1.54) is 0 Å². The third kappa shape index (κ3) is 1.82. The van der Waals surface area contributed by atoms with Crippen molar-refractivity contribution in [1.29, 1.82) is 0 Å². The highest BCUT2D eigenvalue weighted by molar-refractivity contribution is 9.10. The number of carbonyl (C=O) groups excluding carboxylic acids is 1. The van der Waals surface area contributed by atoms with Gasteiger partial charge in [-0.3, -0.25) is 4.79 Å². The molecule has 3 nitrogen and oxygen atoms in total. The van der Waals surface area contributed by atoms with Gasteiger partial charge in [0.15, 0.2) is 0 Å². The minimum atomic E-state index is -0.266. The molecule has 0 saturated heterocycles. The molecule has 1 aromatic carbocycles. The summed E-state index contributed by atoms with van der Waals surface area (Å²) in [4.78, 5) is 11.4. The number of carbonyl (C=O) groups is 1. The van der Waals surface area contributed by atoms with Crippen LogP contribution in [0.1, 0.15) is 29.9 Å². The van der Waals surface area contributed by atoms with E-state index in [1.807, 2.05) is 12.1 Å². The Hall–Kier alpha value is -1.03. The lowest BCUT2D eigenvalue weighted by Crippen LogP contribution is -2.25. The average molecular weight is 284 g/mol. The molecule has 16 heavy (non-hydrogen) atoms. The number of hydrogen-bond donors (Lipinski definition) is 1. The van der Waals surface area contributed by atoms with Crippen LogP contribution in [0.25, 0.3) is 0 Å². The van der Waals surface area contributed by atoms with Crippen LogP contribution in [0, 0.1) is 0 Å². The number of halogens is 1. The summed E-state index contributed by atoms with van der Waals surface area (Å²) in [6.07, 6.45) is 2.78. The second kappa shape index (κ2) is 4.45. The molecular formula is C12H14BrNO2. The zero-order valence-electron chi connectivity index (χ0n) is 9.13. The molecular weight excluding hydrogens is 270 g/mol. The molecule has 0 saturated carbocycles. The maximum Gasteiger partial charge on any atom is 0.225 e. The maximum absolute atomic E-state index is 11.4. The van der Waals surface area contributed by atoms with E-state index in [1.54, 1.807) is 7.11 Å². The van der Waals surface area contributed by atoms with Gasteiger partial charge in [0, 0.05) is 10.0 Å². The van der Waals surface area contributed by atoms with E-state index in [2.05, 4.69) is 15.9 Å². The summed E-state index contributed by atoms with van der Waals surface area (Å²) in [5.41, 5.74) is 7.58. The molecule has 1 unspecified atom stereocenters. The fraction of sp³-hybridized carbons (Fsp3) is 0.417. The molecule has 1 atom stereocenters. The quantitative estimate of drug-likeness (QED) is 0.906. The van der Waals surface area contributed by atoms with Gasteiger partial charge in [-0.15, -0.1) is 0 Å². The summed E-state index contributed by atoms with van der Waals surface area (Å²) >= 11 is 3.51. The lowest BCUT2D eigenvalue weighted by atomic mass is 9.82. The Bertz CT molecular complexity index is 431. The molecule has 0 spiro atoms. The first-order chi connectivity index (χ1) is 7.65. The highest BCUT2D eigenvalue weighted by atomic mass is 79.9. The van der Waals surface area contributed by atoms with Crippen LogP contribution in [0.2, 0.25) is 0 Å². The number of hydrogen-bond acceptors (Lipinski definition) is 2. The summed E-state index contributed by atoms with van der Waals surface area (Å²) in [6, 6.07) is 3.84. The largest absolute Gasteiger partial charge is 0.496 e. The van der Waals surface area contributed by atoms with E-state index in [9.17, 15) is 4.79 Å². The van der Waals surface area contributed by atoms with Gasteiger partial charge in [-0.25, -0.2) is 0 Å². The number of benzene rings is 1. The van der Waals surface area contributed by atoms with Crippen molar-refractivity contribution in [2.75, 3.05) is 7.11 Å². The van der Waals surface area contributed by atoms with Crippen LogP contribution >= 0.6 is 15.9 Å². The van der Waals surface area contributed by atoms with Gasteiger partial charge in [-0.05, 0) is 37.0 Å². The summed E-state index contributed by atoms with van der Waals surface area (Å²) in [7, 11) is 1.62. The van der Waals surface area contributed by atoms with Crippen molar-refractivity contribution in [2.45, 2.75) is 25.2 Å². The first-order valence-electron chi connectivity index (χ1n) is 5.29. The summed E-state index contributed by atoms with van der Waals surface area (Å²) < 4.78 is 6.36. The molecule has 2 N–H and O–H groups in total. The molecule has 0 fully saturated rings. The zero-order chi connectivity index (χ0) is 11.7. The molecule has 1 aliphatic rings. The third-order valence-electron chi connectivity index (χ3n) is 3.09. The van der Waals surface area contributed by atoms with Gasteiger partial charge in [0.2, 0.25) is 5.91 Å². The zero-order valence-corrected chi connectivity index (χ0v) is 10.7. The molecule has 0 heterocycles. The van der Waals surface area contributed by atoms with Crippen LogP contribution < -0.4 is 10.5 Å². The highest BCUT2D eigenvalue weighted by Gasteiger charge is 2.29. The Kier molecular flexibility index (Phi) is 3.19. The van der Waals surface area contributed by atoms with Crippen LogP contribution in [0.3, 0.4) is 0 Å². The van der Waals surface area contributed by atoms with Crippen molar-refractivity contribution in [3.05, 3.63) is 27.7 Å². The lowest BCUT2D eigenvalue weighted by molar-refractivity contribution is -0.119. The molecule has 1 aromatic rings. The van der Waals surface area contributed by atoms with E-state index in [4.69, 9.17) is 10.5 Å². The molecule has 86 valence electrons. The number of ether oxygens (including phenoxy) is 1. The van der Waals surface area contributed by atoms with Crippen molar-refractivity contribution in [3.8, 4) is 5.75 Å². The first kappa shape index (κ1) is 11.5. The first-order valence-corrected chi connectivity index (χ1v) is 6.09. The smallest absolute Gasteiger partial charge is 0.225 e. The minimum absolute atomic E-state index is 0.212. The number of rotatable bonds is 2. The number of fused-ring (bicyclic) bond motifs is 1. The van der Waals surface area contributed by atoms with E-state index < -0.39 is 0 Å². The van der Waals surface area contributed by atoms with Gasteiger partial charge < -0.3 is 10.5 Å². The predicted molar refractivity (Wildman–Crippen MR) is 65.6 cm³/mol. The molecule has 2 rings (SSSR count). The second-order valence-electron chi connectivity index (χ2n) is 3.99. The Morgan fingerprint density at radius 1 is 1.56 bits per heavy atom. The fourth-order valence-corrected chi connectivity index (χ4v) is 2.89. The van der Waals surface area contributed by atoms with Crippen LogP contribution in [0.5, 0.6) is 5.75 Å².